The van der Waals surface area contributed by atoms with Crippen molar-refractivity contribution in [2.24, 2.45) is 0 Å². The molecule has 0 aliphatic carbocycles. The van der Waals surface area contributed by atoms with Crippen LogP contribution in [0.1, 0.15) is 0 Å². The molecule has 0 heterocycles. The van der Waals surface area contributed by atoms with E-state index in [1.807, 2.05) is 0 Å². The quantitative estimate of drug-likeness (QED) is 0.852. The van der Waals surface area contributed by atoms with Crippen molar-refractivity contribution in [3.63, 3.8) is 0 Å². The second kappa shape index (κ2) is 5.19. The summed E-state index contributed by atoms with van der Waals surface area (Å²) in [5.41, 5.74) is 0. The number of aromatic hydroxyl groups is 1. The van der Waals surface area contributed by atoms with Crippen LogP contribution in [0.2, 0.25) is 10.0 Å². The van der Waals surface area contributed by atoms with Gasteiger partial charge in [-0.05, 0) is 36.4 Å². The Morgan fingerprint density at radius 2 is 1.65 bits per heavy atom. The van der Waals surface area contributed by atoms with Crippen molar-refractivity contribution in [1.82, 2.24) is 0 Å². The molecule has 2 nitrogen and oxygen atoms in total. The largest absolute Gasteiger partial charge is 0.606 e. The molecule has 17 heavy (non-hydrogen) atoms. The minimum atomic E-state index is -1.40. The molecule has 5 heteroatoms. The van der Waals surface area contributed by atoms with Crippen LogP contribution >= 0.6 is 23.2 Å². The van der Waals surface area contributed by atoms with Gasteiger partial charge in [-0.25, -0.2) is 0 Å². The Morgan fingerprint density at radius 1 is 1.00 bits per heavy atom. The van der Waals surface area contributed by atoms with Crippen LogP contribution in [0.15, 0.2) is 52.3 Å². The summed E-state index contributed by atoms with van der Waals surface area (Å²) in [5.74, 6) is 0.128. The SMILES string of the molecule is [O-][S+](c1ccc(O)cc1)c1cc(Cl)ccc1Cl. The molecule has 0 saturated heterocycles. The molecule has 0 fully saturated rings. The van der Waals surface area contributed by atoms with E-state index < -0.39 is 11.2 Å². The molecule has 0 aliphatic rings. The van der Waals surface area contributed by atoms with Crippen LogP contribution in [0.5, 0.6) is 5.75 Å². The Balaban J connectivity index is 2.39. The van der Waals surface area contributed by atoms with E-state index in [-0.39, 0.29) is 5.75 Å². The zero-order chi connectivity index (χ0) is 12.4. The van der Waals surface area contributed by atoms with Gasteiger partial charge in [0.15, 0.2) is 9.79 Å². The van der Waals surface area contributed by atoms with Crippen molar-refractivity contribution in [2.45, 2.75) is 9.79 Å². The van der Waals surface area contributed by atoms with E-state index in [9.17, 15) is 4.55 Å². The van der Waals surface area contributed by atoms with Crippen molar-refractivity contribution in [2.75, 3.05) is 0 Å². The van der Waals surface area contributed by atoms with E-state index in [2.05, 4.69) is 0 Å². The molecule has 2 aromatic carbocycles. The van der Waals surface area contributed by atoms with E-state index >= 15 is 0 Å². The van der Waals surface area contributed by atoms with Crippen molar-refractivity contribution in [3.05, 3.63) is 52.5 Å². The van der Waals surface area contributed by atoms with Crippen LogP contribution in [0.25, 0.3) is 0 Å². The van der Waals surface area contributed by atoms with Crippen LogP contribution in [0, 0.1) is 0 Å². The van der Waals surface area contributed by atoms with Gasteiger partial charge in [0.1, 0.15) is 5.75 Å². The third-order valence-corrected chi connectivity index (χ3v) is 4.26. The molecule has 1 N–H and O–H groups in total. The first-order valence-corrected chi connectivity index (χ1v) is 6.64. The molecule has 1 unspecified atom stereocenters. The summed E-state index contributed by atoms with van der Waals surface area (Å²) in [7, 11) is 0. The number of halogens is 2. The smallest absolute Gasteiger partial charge is 0.178 e. The zero-order valence-electron chi connectivity index (χ0n) is 8.56. The molecule has 88 valence electrons. The fraction of sp³-hybridized carbons (Fsp3) is 0. The maximum absolute atomic E-state index is 12.2. The molecule has 0 radical (unpaired) electrons. The third-order valence-electron chi connectivity index (χ3n) is 2.14. The van der Waals surface area contributed by atoms with Gasteiger partial charge in [0.05, 0.1) is 5.02 Å². The molecule has 0 amide bonds. The normalized spacial score (nSPS) is 12.4. The minimum Gasteiger partial charge on any atom is -0.606 e. The molecular weight excluding hydrogens is 279 g/mol. The first-order valence-electron chi connectivity index (χ1n) is 4.74. The molecule has 0 bridgehead atoms. The lowest BCUT2D eigenvalue weighted by atomic mass is 10.3. The summed E-state index contributed by atoms with van der Waals surface area (Å²) in [4.78, 5) is 1.02. The molecule has 1 atom stereocenters. The van der Waals surface area contributed by atoms with E-state index in [1.165, 1.54) is 12.1 Å². The Kier molecular flexibility index (Phi) is 3.84. The summed E-state index contributed by atoms with van der Waals surface area (Å²) in [6.07, 6.45) is 0. The van der Waals surface area contributed by atoms with Gasteiger partial charge in [-0.1, -0.05) is 23.2 Å². The second-order valence-corrected chi connectivity index (χ2v) is 5.63. The van der Waals surface area contributed by atoms with E-state index in [0.717, 1.165) is 0 Å². The third kappa shape index (κ3) is 2.87. The minimum absolute atomic E-state index is 0.128. The first kappa shape index (κ1) is 12.6. The van der Waals surface area contributed by atoms with Crippen LogP contribution in [0.3, 0.4) is 0 Å². The van der Waals surface area contributed by atoms with Gasteiger partial charge in [-0.2, -0.15) is 0 Å². The Labute approximate surface area is 112 Å². The lowest BCUT2D eigenvalue weighted by Gasteiger charge is -2.11. The van der Waals surface area contributed by atoms with Gasteiger partial charge in [-0.3, -0.25) is 0 Å². The molecule has 0 aromatic heterocycles. The predicted molar refractivity (Wildman–Crippen MR) is 69.2 cm³/mol. The molecule has 0 aliphatic heterocycles. The van der Waals surface area contributed by atoms with Crippen LogP contribution in [-0.4, -0.2) is 9.66 Å². The van der Waals surface area contributed by atoms with E-state index in [0.29, 0.717) is 19.8 Å². The zero-order valence-corrected chi connectivity index (χ0v) is 10.9. The van der Waals surface area contributed by atoms with E-state index in [1.54, 1.807) is 30.3 Å². The Bertz CT molecular complexity index is 529. The van der Waals surface area contributed by atoms with Gasteiger partial charge < -0.3 is 9.66 Å². The van der Waals surface area contributed by atoms with E-state index in [4.69, 9.17) is 28.3 Å². The van der Waals surface area contributed by atoms with Crippen LogP contribution in [0.4, 0.5) is 0 Å². The fourth-order valence-electron chi connectivity index (χ4n) is 1.32. The highest BCUT2D eigenvalue weighted by molar-refractivity contribution is 7.91. The summed E-state index contributed by atoms with van der Waals surface area (Å²) in [5, 5.41) is 10.0. The monoisotopic (exact) mass is 286 g/mol. The summed E-state index contributed by atoms with van der Waals surface area (Å²) in [6, 6.07) is 11.0. The van der Waals surface area contributed by atoms with Crippen molar-refractivity contribution in [1.29, 1.82) is 0 Å². The van der Waals surface area contributed by atoms with Gasteiger partial charge in [0, 0.05) is 22.3 Å². The van der Waals surface area contributed by atoms with Gasteiger partial charge in [-0.15, -0.1) is 0 Å². The Morgan fingerprint density at radius 3 is 2.29 bits per heavy atom. The molecule has 2 aromatic rings. The maximum Gasteiger partial charge on any atom is 0.178 e. The van der Waals surface area contributed by atoms with Gasteiger partial charge in [0.2, 0.25) is 0 Å². The number of hydrogen-bond acceptors (Lipinski definition) is 2. The standard InChI is InChI=1S/C12H8Cl2O2S/c13-8-1-6-11(14)12(7-8)17(16)10-4-2-9(15)3-5-10/h1-7,15H. The predicted octanol–water partition coefficient (Wildman–Crippen LogP) is 3.87. The molecule has 0 spiro atoms. The lowest BCUT2D eigenvalue weighted by molar-refractivity contribution is 0.474. The summed E-state index contributed by atoms with van der Waals surface area (Å²) < 4.78 is 12.2. The highest BCUT2D eigenvalue weighted by Crippen LogP contribution is 2.30. The Hall–Kier alpha value is -0.870. The average Bonchev–Trinajstić information content (AvgIpc) is 2.32. The first-order chi connectivity index (χ1) is 8.08. The highest BCUT2D eigenvalue weighted by atomic mass is 35.5. The molecular formula is C12H8Cl2O2S. The van der Waals surface area contributed by atoms with Crippen molar-refractivity contribution >= 4 is 34.4 Å². The van der Waals surface area contributed by atoms with Crippen molar-refractivity contribution < 1.29 is 9.66 Å². The summed E-state index contributed by atoms with van der Waals surface area (Å²) >= 11 is 10.4. The number of phenols is 1. The topological polar surface area (TPSA) is 43.3 Å². The molecule has 0 saturated carbocycles. The fourth-order valence-corrected chi connectivity index (χ4v) is 3.00. The lowest BCUT2D eigenvalue weighted by Crippen LogP contribution is -2.02. The number of phenolic OH excluding ortho intramolecular Hbond substituents is 1. The molecule has 2 rings (SSSR count). The number of benzene rings is 2. The van der Waals surface area contributed by atoms with Crippen molar-refractivity contribution in [3.8, 4) is 5.75 Å². The number of rotatable bonds is 2. The second-order valence-electron chi connectivity index (χ2n) is 3.34. The number of hydrogen-bond donors (Lipinski definition) is 1. The highest BCUT2D eigenvalue weighted by Gasteiger charge is 2.18. The maximum atomic E-state index is 12.2. The van der Waals surface area contributed by atoms with Crippen LogP contribution < -0.4 is 0 Å². The average molecular weight is 287 g/mol. The van der Waals surface area contributed by atoms with Gasteiger partial charge >= 0.3 is 0 Å². The van der Waals surface area contributed by atoms with Gasteiger partial charge in [0.25, 0.3) is 0 Å². The van der Waals surface area contributed by atoms with Crippen LogP contribution in [-0.2, 0) is 11.2 Å². The summed E-state index contributed by atoms with van der Waals surface area (Å²) in [6.45, 7) is 0.